The molecule has 0 radical (unpaired) electrons. The van der Waals surface area contributed by atoms with Crippen molar-refractivity contribution in [3.05, 3.63) is 47.5 Å². The SMILES string of the molecule is COc1cc(CCC(=O)Nc2nc(-c3ccco3)cs2)ccc1OCC(F)(F)F. The molecule has 6 nitrogen and oxygen atoms in total. The molecule has 3 aromatic rings. The van der Waals surface area contributed by atoms with Crippen LogP contribution in [0.2, 0.25) is 0 Å². The molecule has 0 atom stereocenters. The van der Waals surface area contributed by atoms with Gasteiger partial charge in [-0.05, 0) is 36.2 Å². The van der Waals surface area contributed by atoms with Crippen LogP contribution in [0.5, 0.6) is 11.5 Å². The second-order valence-electron chi connectivity index (χ2n) is 5.95. The van der Waals surface area contributed by atoms with Gasteiger partial charge in [0.2, 0.25) is 5.91 Å². The number of rotatable bonds is 8. The van der Waals surface area contributed by atoms with Gasteiger partial charge in [-0.25, -0.2) is 4.98 Å². The molecule has 10 heteroatoms. The van der Waals surface area contributed by atoms with Crippen LogP contribution in [0.1, 0.15) is 12.0 Å². The molecule has 0 spiro atoms. The number of hydrogen-bond donors (Lipinski definition) is 1. The molecule has 3 rings (SSSR count). The summed E-state index contributed by atoms with van der Waals surface area (Å²) >= 11 is 1.28. The molecule has 2 heterocycles. The third-order valence-corrected chi connectivity index (χ3v) is 4.54. The number of carbonyl (C=O) groups excluding carboxylic acids is 1. The number of methoxy groups -OCH3 is 1. The van der Waals surface area contributed by atoms with Crippen LogP contribution in [0.15, 0.2) is 46.4 Å². The van der Waals surface area contributed by atoms with E-state index >= 15 is 0 Å². The summed E-state index contributed by atoms with van der Waals surface area (Å²) in [5, 5.41) is 4.95. The van der Waals surface area contributed by atoms with Crippen molar-refractivity contribution in [2.75, 3.05) is 19.0 Å². The molecule has 0 aliphatic carbocycles. The maximum atomic E-state index is 12.3. The summed E-state index contributed by atoms with van der Waals surface area (Å²) in [7, 11) is 1.34. The zero-order valence-electron chi connectivity index (χ0n) is 15.3. The number of nitrogens with zero attached hydrogens (tertiary/aromatic N) is 1. The molecule has 1 aromatic carbocycles. The topological polar surface area (TPSA) is 73.6 Å². The predicted octanol–water partition coefficient (Wildman–Crippen LogP) is 4.92. The largest absolute Gasteiger partial charge is 0.493 e. The van der Waals surface area contributed by atoms with Crippen molar-refractivity contribution >= 4 is 22.4 Å². The average molecular weight is 426 g/mol. The molecule has 1 amide bonds. The van der Waals surface area contributed by atoms with Crippen LogP contribution in [0, 0.1) is 0 Å². The fraction of sp³-hybridized carbons (Fsp3) is 0.263. The minimum Gasteiger partial charge on any atom is -0.493 e. The number of furan rings is 1. The summed E-state index contributed by atoms with van der Waals surface area (Å²) in [5.41, 5.74) is 1.36. The van der Waals surface area contributed by atoms with E-state index in [4.69, 9.17) is 13.9 Å². The van der Waals surface area contributed by atoms with Crippen LogP contribution < -0.4 is 14.8 Å². The number of thiazole rings is 1. The van der Waals surface area contributed by atoms with Gasteiger partial charge in [-0.2, -0.15) is 13.2 Å². The highest BCUT2D eigenvalue weighted by Crippen LogP contribution is 2.30. The Balaban J connectivity index is 1.54. The number of aryl methyl sites for hydroxylation is 1. The Morgan fingerprint density at radius 1 is 1.28 bits per heavy atom. The third-order valence-electron chi connectivity index (χ3n) is 3.78. The van der Waals surface area contributed by atoms with Crippen molar-refractivity contribution in [2.45, 2.75) is 19.0 Å². The standard InChI is InChI=1S/C19H17F3N2O4S/c1-26-16-9-12(4-6-15(16)28-11-19(20,21)22)5-7-17(25)24-18-23-13(10-29-18)14-3-2-8-27-14/h2-4,6,8-10H,5,7,11H2,1H3,(H,23,24,25). The Morgan fingerprint density at radius 3 is 2.79 bits per heavy atom. The second kappa shape index (κ2) is 8.99. The molecule has 0 aliphatic rings. The first-order valence-electron chi connectivity index (χ1n) is 8.50. The molecule has 0 saturated heterocycles. The van der Waals surface area contributed by atoms with Gasteiger partial charge in [0.1, 0.15) is 5.69 Å². The number of anilines is 1. The monoisotopic (exact) mass is 426 g/mol. The van der Waals surface area contributed by atoms with E-state index in [1.165, 1.54) is 24.5 Å². The van der Waals surface area contributed by atoms with E-state index in [0.29, 0.717) is 23.0 Å². The lowest BCUT2D eigenvalue weighted by Gasteiger charge is -2.13. The van der Waals surface area contributed by atoms with Crippen LogP contribution in [-0.2, 0) is 11.2 Å². The van der Waals surface area contributed by atoms with E-state index in [-0.39, 0.29) is 23.8 Å². The number of amides is 1. The molecule has 2 aromatic heterocycles. The summed E-state index contributed by atoms with van der Waals surface area (Å²) in [5.74, 6) is 0.546. The van der Waals surface area contributed by atoms with Gasteiger partial charge in [-0.1, -0.05) is 6.07 Å². The first kappa shape index (κ1) is 20.7. The first-order valence-corrected chi connectivity index (χ1v) is 9.38. The van der Waals surface area contributed by atoms with Gasteiger partial charge in [0.15, 0.2) is 29.0 Å². The van der Waals surface area contributed by atoms with E-state index in [1.807, 2.05) is 0 Å². The van der Waals surface area contributed by atoms with Crippen molar-refractivity contribution < 1.29 is 31.9 Å². The van der Waals surface area contributed by atoms with Crippen molar-refractivity contribution in [1.29, 1.82) is 0 Å². The van der Waals surface area contributed by atoms with Crippen LogP contribution in [0.3, 0.4) is 0 Å². The van der Waals surface area contributed by atoms with Gasteiger partial charge >= 0.3 is 6.18 Å². The molecule has 154 valence electrons. The predicted molar refractivity (Wildman–Crippen MR) is 101 cm³/mol. The smallest absolute Gasteiger partial charge is 0.422 e. The van der Waals surface area contributed by atoms with Gasteiger partial charge in [0.25, 0.3) is 0 Å². The van der Waals surface area contributed by atoms with E-state index in [2.05, 4.69) is 10.3 Å². The van der Waals surface area contributed by atoms with E-state index in [0.717, 1.165) is 5.56 Å². The van der Waals surface area contributed by atoms with Crippen molar-refractivity contribution in [2.24, 2.45) is 0 Å². The zero-order valence-corrected chi connectivity index (χ0v) is 16.1. The van der Waals surface area contributed by atoms with Crippen molar-refractivity contribution in [1.82, 2.24) is 4.98 Å². The number of halogens is 3. The van der Waals surface area contributed by atoms with Crippen molar-refractivity contribution in [3.8, 4) is 23.0 Å². The molecular formula is C19H17F3N2O4S. The number of aromatic nitrogens is 1. The minimum atomic E-state index is -4.44. The molecule has 29 heavy (non-hydrogen) atoms. The summed E-state index contributed by atoms with van der Waals surface area (Å²) in [6.07, 6.45) is -2.35. The number of hydrogen-bond acceptors (Lipinski definition) is 6. The fourth-order valence-corrected chi connectivity index (χ4v) is 3.17. The summed E-state index contributed by atoms with van der Waals surface area (Å²) < 4.78 is 52.0. The number of benzene rings is 1. The minimum absolute atomic E-state index is 0.00809. The van der Waals surface area contributed by atoms with E-state index < -0.39 is 12.8 Å². The highest BCUT2D eigenvalue weighted by atomic mass is 32.1. The van der Waals surface area contributed by atoms with E-state index in [9.17, 15) is 18.0 Å². The molecule has 0 aliphatic heterocycles. The second-order valence-corrected chi connectivity index (χ2v) is 6.81. The average Bonchev–Trinajstić information content (AvgIpc) is 3.36. The zero-order chi connectivity index (χ0) is 20.9. The molecule has 0 bridgehead atoms. The molecule has 1 N–H and O–H groups in total. The summed E-state index contributed by atoms with van der Waals surface area (Å²) in [6.45, 7) is -1.40. The third kappa shape index (κ3) is 5.98. The fourth-order valence-electron chi connectivity index (χ4n) is 2.45. The number of alkyl halides is 3. The van der Waals surface area contributed by atoms with Gasteiger partial charge in [0, 0.05) is 11.8 Å². The Morgan fingerprint density at radius 2 is 2.10 bits per heavy atom. The Hall–Kier alpha value is -3.01. The van der Waals surface area contributed by atoms with Gasteiger partial charge in [-0.15, -0.1) is 11.3 Å². The Kier molecular flexibility index (Phi) is 6.42. The van der Waals surface area contributed by atoms with Gasteiger partial charge in [-0.3, -0.25) is 4.79 Å². The lowest BCUT2D eigenvalue weighted by atomic mass is 10.1. The number of carbonyl (C=O) groups is 1. The highest BCUT2D eigenvalue weighted by molar-refractivity contribution is 7.14. The summed E-state index contributed by atoms with van der Waals surface area (Å²) in [6, 6.07) is 8.07. The van der Waals surface area contributed by atoms with Gasteiger partial charge in [0.05, 0.1) is 13.4 Å². The molecule has 0 unspecified atom stereocenters. The van der Waals surface area contributed by atoms with Gasteiger partial charge < -0.3 is 19.2 Å². The first-order chi connectivity index (χ1) is 13.8. The Bertz CT molecular complexity index is 955. The lowest BCUT2D eigenvalue weighted by Crippen LogP contribution is -2.19. The molecule has 0 fully saturated rings. The Labute approximate surface area is 168 Å². The summed E-state index contributed by atoms with van der Waals surface area (Å²) in [4.78, 5) is 16.5. The quantitative estimate of drug-likeness (QED) is 0.553. The highest BCUT2D eigenvalue weighted by Gasteiger charge is 2.29. The maximum absolute atomic E-state index is 12.3. The lowest BCUT2D eigenvalue weighted by molar-refractivity contribution is -0.153. The van der Waals surface area contributed by atoms with Crippen LogP contribution in [0.4, 0.5) is 18.3 Å². The normalized spacial score (nSPS) is 11.3. The molecule has 0 saturated carbocycles. The van der Waals surface area contributed by atoms with Crippen LogP contribution in [0.25, 0.3) is 11.5 Å². The van der Waals surface area contributed by atoms with Crippen molar-refractivity contribution in [3.63, 3.8) is 0 Å². The van der Waals surface area contributed by atoms with Crippen LogP contribution >= 0.6 is 11.3 Å². The number of nitrogens with one attached hydrogen (secondary N) is 1. The number of ether oxygens (including phenoxy) is 2. The maximum Gasteiger partial charge on any atom is 0.422 e. The van der Waals surface area contributed by atoms with Crippen LogP contribution in [-0.4, -0.2) is 30.8 Å². The van der Waals surface area contributed by atoms with E-state index in [1.54, 1.807) is 35.9 Å². The molecular weight excluding hydrogens is 409 g/mol.